The van der Waals surface area contributed by atoms with Gasteiger partial charge in [0.05, 0.1) is 17.9 Å². The van der Waals surface area contributed by atoms with E-state index in [9.17, 15) is 9.59 Å². The molecule has 0 aliphatic carbocycles. The number of benzene rings is 2. The molecule has 27 heavy (non-hydrogen) atoms. The van der Waals surface area contributed by atoms with Gasteiger partial charge < -0.3 is 10.2 Å². The highest BCUT2D eigenvalue weighted by Gasteiger charge is 2.27. The van der Waals surface area contributed by atoms with Crippen LogP contribution in [-0.4, -0.2) is 30.1 Å². The van der Waals surface area contributed by atoms with Crippen LogP contribution in [0.15, 0.2) is 47.6 Å². The molecule has 0 aromatic heterocycles. The van der Waals surface area contributed by atoms with E-state index in [4.69, 9.17) is 0 Å². The summed E-state index contributed by atoms with van der Waals surface area (Å²) in [5, 5.41) is 7.54. The van der Waals surface area contributed by atoms with Gasteiger partial charge in [0.2, 0.25) is 5.91 Å². The molecule has 0 spiro atoms. The van der Waals surface area contributed by atoms with Gasteiger partial charge in [-0.15, -0.1) is 0 Å². The monoisotopic (exact) mass is 364 g/mol. The fourth-order valence-corrected chi connectivity index (χ4v) is 3.19. The summed E-state index contributed by atoms with van der Waals surface area (Å²) in [5.74, 6) is -0.284. The van der Waals surface area contributed by atoms with E-state index >= 15 is 0 Å². The normalized spacial score (nSPS) is 15.4. The molecule has 1 heterocycles. The van der Waals surface area contributed by atoms with Crippen molar-refractivity contribution in [3.05, 3.63) is 59.2 Å². The second kappa shape index (κ2) is 7.61. The Hall–Kier alpha value is -3.15. The van der Waals surface area contributed by atoms with Crippen molar-refractivity contribution < 1.29 is 9.59 Å². The third-order valence-electron chi connectivity index (χ3n) is 4.73. The summed E-state index contributed by atoms with van der Waals surface area (Å²) < 4.78 is 0. The van der Waals surface area contributed by atoms with Gasteiger partial charge in [-0.2, -0.15) is 5.10 Å². The number of carbonyl (C=O) groups is 2. The van der Waals surface area contributed by atoms with Gasteiger partial charge in [-0.1, -0.05) is 36.4 Å². The van der Waals surface area contributed by atoms with Crippen molar-refractivity contribution in [1.82, 2.24) is 5.43 Å². The van der Waals surface area contributed by atoms with Crippen LogP contribution in [-0.2, 0) is 9.59 Å². The fourth-order valence-electron chi connectivity index (χ4n) is 3.19. The summed E-state index contributed by atoms with van der Waals surface area (Å²) in [7, 11) is 0. The van der Waals surface area contributed by atoms with Crippen LogP contribution < -0.4 is 15.6 Å². The molecule has 6 nitrogen and oxygen atoms in total. The second-order valence-corrected chi connectivity index (χ2v) is 6.79. The SMILES string of the molecule is CC(=O)N1C/C(=N\NC(=O)C(C)Nc2c(C)cccc2C)c2ccccc21. The first-order valence-corrected chi connectivity index (χ1v) is 8.95. The molecule has 1 unspecified atom stereocenters. The molecule has 2 aromatic rings. The predicted octanol–water partition coefficient (Wildman–Crippen LogP) is 2.99. The lowest BCUT2D eigenvalue weighted by Gasteiger charge is -2.17. The molecular weight excluding hydrogens is 340 g/mol. The summed E-state index contributed by atoms with van der Waals surface area (Å²) in [6, 6.07) is 13.1. The van der Waals surface area contributed by atoms with E-state index in [0.717, 1.165) is 28.1 Å². The van der Waals surface area contributed by atoms with Crippen molar-refractivity contribution in [2.24, 2.45) is 5.10 Å². The molecular formula is C21H24N4O2. The molecule has 1 aliphatic rings. The van der Waals surface area contributed by atoms with Crippen LogP contribution in [0.3, 0.4) is 0 Å². The Bertz CT molecular complexity index is 900. The maximum Gasteiger partial charge on any atom is 0.262 e. The van der Waals surface area contributed by atoms with Gasteiger partial charge in [0.15, 0.2) is 0 Å². The standard InChI is InChI=1S/C21H24N4O2/c1-13-8-7-9-14(2)20(13)22-15(3)21(27)24-23-18-12-25(16(4)26)19-11-6-5-10-17(18)19/h5-11,15,22H,12H2,1-4H3,(H,24,27)/b23-18+. The van der Waals surface area contributed by atoms with Crippen molar-refractivity contribution in [3.63, 3.8) is 0 Å². The largest absolute Gasteiger partial charge is 0.373 e. The first-order chi connectivity index (χ1) is 12.9. The molecule has 0 bridgehead atoms. The minimum atomic E-state index is -0.449. The van der Waals surface area contributed by atoms with E-state index < -0.39 is 6.04 Å². The number of fused-ring (bicyclic) bond motifs is 1. The number of hydrogen-bond donors (Lipinski definition) is 2. The summed E-state index contributed by atoms with van der Waals surface area (Å²) in [6.07, 6.45) is 0. The molecule has 1 atom stereocenters. The Kier molecular flexibility index (Phi) is 5.26. The van der Waals surface area contributed by atoms with E-state index in [1.54, 1.807) is 11.8 Å². The molecule has 1 aliphatic heterocycles. The van der Waals surface area contributed by atoms with Gasteiger partial charge >= 0.3 is 0 Å². The summed E-state index contributed by atoms with van der Waals surface area (Å²) in [6.45, 7) is 7.69. The summed E-state index contributed by atoms with van der Waals surface area (Å²) in [4.78, 5) is 26.0. The Balaban J connectivity index is 1.72. The number of nitrogens with one attached hydrogen (secondary N) is 2. The zero-order valence-electron chi connectivity index (χ0n) is 16.0. The maximum atomic E-state index is 12.5. The quantitative estimate of drug-likeness (QED) is 0.819. The summed E-state index contributed by atoms with van der Waals surface area (Å²) >= 11 is 0. The molecule has 0 fully saturated rings. The van der Waals surface area contributed by atoms with E-state index in [-0.39, 0.29) is 11.8 Å². The lowest BCUT2D eigenvalue weighted by Crippen LogP contribution is -2.36. The lowest BCUT2D eigenvalue weighted by atomic mass is 10.1. The van der Waals surface area contributed by atoms with E-state index in [1.165, 1.54) is 6.92 Å². The Morgan fingerprint density at radius 3 is 2.41 bits per heavy atom. The van der Waals surface area contributed by atoms with Crippen LogP contribution in [0.5, 0.6) is 0 Å². The minimum absolute atomic E-state index is 0.0518. The van der Waals surface area contributed by atoms with E-state index in [1.807, 2.05) is 56.3 Å². The third kappa shape index (κ3) is 3.84. The van der Waals surface area contributed by atoms with Crippen LogP contribution in [0.4, 0.5) is 11.4 Å². The van der Waals surface area contributed by atoms with Crippen molar-refractivity contribution in [2.45, 2.75) is 33.7 Å². The number of rotatable bonds is 4. The second-order valence-electron chi connectivity index (χ2n) is 6.79. The average molecular weight is 364 g/mol. The molecule has 0 saturated carbocycles. The highest BCUT2D eigenvalue weighted by molar-refractivity contribution is 6.17. The Morgan fingerprint density at radius 1 is 1.07 bits per heavy atom. The number of anilines is 2. The van der Waals surface area contributed by atoms with Crippen molar-refractivity contribution in [3.8, 4) is 0 Å². The highest BCUT2D eigenvalue weighted by atomic mass is 16.2. The number of hydrazone groups is 1. The number of amides is 2. The van der Waals surface area contributed by atoms with Gasteiger partial charge in [-0.3, -0.25) is 9.59 Å². The van der Waals surface area contributed by atoms with Gasteiger partial charge in [0, 0.05) is 18.2 Å². The van der Waals surface area contributed by atoms with Crippen molar-refractivity contribution in [1.29, 1.82) is 0 Å². The number of carbonyl (C=O) groups excluding carboxylic acids is 2. The fraction of sp³-hybridized carbons (Fsp3) is 0.286. The zero-order valence-corrected chi connectivity index (χ0v) is 16.0. The molecule has 140 valence electrons. The molecule has 2 N–H and O–H groups in total. The topological polar surface area (TPSA) is 73.8 Å². The van der Waals surface area contributed by atoms with Crippen LogP contribution in [0.1, 0.15) is 30.5 Å². The van der Waals surface area contributed by atoms with E-state index in [2.05, 4.69) is 15.8 Å². The molecule has 6 heteroatoms. The number of aryl methyl sites for hydroxylation is 2. The average Bonchev–Trinajstić information content (AvgIpc) is 3.02. The predicted molar refractivity (Wildman–Crippen MR) is 108 cm³/mol. The molecule has 2 amide bonds. The van der Waals surface area contributed by atoms with Crippen LogP contribution >= 0.6 is 0 Å². The number of hydrogen-bond acceptors (Lipinski definition) is 4. The molecule has 0 saturated heterocycles. The third-order valence-corrected chi connectivity index (χ3v) is 4.73. The Labute approximate surface area is 159 Å². The maximum absolute atomic E-state index is 12.5. The Morgan fingerprint density at radius 2 is 1.74 bits per heavy atom. The molecule has 0 radical (unpaired) electrons. The summed E-state index contributed by atoms with van der Waals surface area (Å²) in [5.41, 5.74) is 8.12. The van der Waals surface area contributed by atoms with Crippen LogP contribution in [0.2, 0.25) is 0 Å². The lowest BCUT2D eigenvalue weighted by molar-refractivity contribution is -0.121. The highest BCUT2D eigenvalue weighted by Crippen LogP contribution is 2.28. The first kappa shape index (κ1) is 18.6. The molecule has 2 aromatic carbocycles. The van der Waals surface area contributed by atoms with Gasteiger partial charge in [-0.05, 0) is 38.0 Å². The van der Waals surface area contributed by atoms with Crippen molar-refractivity contribution >= 4 is 28.9 Å². The number of nitrogens with zero attached hydrogens (tertiary/aromatic N) is 2. The zero-order chi connectivity index (χ0) is 19.6. The van der Waals surface area contributed by atoms with Crippen molar-refractivity contribution in [2.75, 3.05) is 16.8 Å². The van der Waals surface area contributed by atoms with Crippen LogP contribution in [0, 0.1) is 13.8 Å². The minimum Gasteiger partial charge on any atom is -0.373 e. The van der Waals surface area contributed by atoms with Gasteiger partial charge in [0.1, 0.15) is 6.04 Å². The first-order valence-electron chi connectivity index (χ1n) is 8.95. The molecule has 3 rings (SSSR count). The number of para-hydroxylation sites is 2. The van der Waals surface area contributed by atoms with E-state index in [0.29, 0.717) is 12.3 Å². The van der Waals surface area contributed by atoms with Gasteiger partial charge in [0.25, 0.3) is 5.91 Å². The van der Waals surface area contributed by atoms with Crippen LogP contribution in [0.25, 0.3) is 0 Å². The van der Waals surface area contributed by atoms with Gasteiger partial charge in [-0.25, -0.2) is 5.43 Å². The smallest absolute Gasteiger partial charge is 0.262 e.